The molecule has 0 fully saturated rings. The van der Waals surface area contributed by atoms with E-state index in [1.54, 1.807) is 32.9 Å². The van der Waals surface area contributed by atoms with Gasteiger partial charge in [-0.05, 0) is 62.7 Å². The van der Waals surface area contributed by atoms with E-state index in [4.69, 9.17) is 4.74 Å². The first-order valence-electron chi connectivity index (χ1n) is 9.84. The van der Waals surface area contributed by atoms with Gasteiger partial charge in [-0.2, -0.15) is 0 Å². The van der Waals surface area contributed by atoms with Crippen LogP contribution in [0.2, 0.25) is 0 Å². The average molecular weight is 462 g/mol. The first-order valence-corrected chi connectivity index (χ1v) is 11.3. The monoisotopic (exact) mass is 461 g/mol. The van der Waals surface area contributed by atoms with Crippen molar-refractivity contribution < 1.29 is 27.1 Å². The number of halogens is 1. The molecule has 0 bridgehead atoms. The minimum Gasteiger partial charge on any atom is -0.459 e. The lowest BCUT2D eigenvalue weighted by Gasteiger charge is -2.33. The van der Waals surface area contributed by atoms with Crippen molar-refractivity contribution >= 4 is 27.7 Å². The summed E-state index contributed by atoms with van der Waals surface area (Å²) in [7, 11) is -2.43. The number of benzene rings is 2. The van der Waals surface area contributed by atoms with E-state index >= 15 is 0 Å². The molecule has 3 rings (SSSR count). The van der Waals surface area contributed by atoms with Crippen LogP contribution in [0.5, 0.6) is 0 Å². The lowest BCUT2D eigenvalue weighted by molar-refractivity contribution is -0.143. The standard InChI is InChI=1S/C22H24FN3O5S/c1-13(2)31-21(27)19-14(3)26(4)22(28)24-20(19)15-6-5-7-17(12-15)25-32(29,30)18-10-8-16(23)9-11-18/h5-13,20,25H,1-4H3,(H,24,28)/t20-/m1/s1. The molecule has 0 radical (unpaired) electrons. The summed E-state index contributed by atoms with van der Waals surface area (Å²) in [6.45, 7) is 5.08. The fraction of sp³-hybridized carbons (Fsp3) is 0.273. The second-order valence-electron chi connectivity index (χ2n) is 7.58. The van der Waals surface area contributed by atoms with Crippen molar-refractivity contribution in [3.8, 4) is 0 Å². The van der Waals surface area contributed by atoms with Gasteiger partial charge in [-0.15, -0.1) is 0 Å². The van der Waals surface area contributed by atoms with Crippen LogP contribution in [0.4, 0.5) is 14.9 Å². The van der Waals surface area contributed by atoms with Crippen molar-refractivity contribution in [3.05, 3.63) is 71.2 Å². The minimum absolute atomic E-state index is 0.103. The maximum Gasteiger partial charge on any atom is 0.338 e. The van der Waals surface area contributed by atoms with Gasteiger partial charge >= 0.3 is 12.0 Å². The number of carbonyl (C=O) groups is 2. The van der Waals surface area contributed by atoms with Gasteiger partial charge in [0.1, 0.15) is 5.82 Å². The first-order chi connectivity index (χ1) is 15.0. The number of nitrogens with zero attached hydrogens (tertiary/aromatic N) is 1. The number of sulfonamides is 1. The lowest BCUT2D eigenvalue weighted by Crippen LogP contribution is -2.46. The molecule has 0 saturated heterocycles. The van der Waals surface area contributed by atoms with Gasteiger partial charge < -0.3 is 15.0 Å². The van der Waals surface area contributed by atoms with Gasteiger partial charge in [0.05, 0.1) is 22.6 Å². The lowest BCUT2D eigenvalue weighted by atomic mass is 9.94. The molecule has 170 valence electrons. The molecule has 2 aromatic carbocycles. The Morgan fingerprint density at radius 3 is 2.47 bits per heavy atom. The van der Waals surface area contributed by atoms with Gasteiger partial charge in [-0.3, -0.25) is 4.72 Å². The fourth-order valence-electron chi connectivity index (χ4n) is 3.24. The van der Waals surface area contributed by atoms with Crippen molar-refractivity contribution in [2.24, 2.45) is 0 Å². The van der Waals surface area contributed by atoms with Crippen molar-refractivity contribution in [2.45, 2.75) is 37.8 Å². The minimum atomic E-state index is -3.97. The second kappa shape index (κ2) is 8.99. The quantitative estimate of drug-likeness (QED) is 0.640. The van der Waals surface area contributed by atoms with E-state index in [2.05, 4.69) is 10.0 Å². The smallest absolute Gasteiger partial charge is 0.338 e. The Morgan fingerprint density at radius 1 is 1.19 bits per heavy atom. The second-order valence-corrected chi connectivity index (χ2v) is 9.26. The first kappa shape index (κ1) is 23.3. The van der Waals surface area contributed by atoms with Crippen LogP contribution in [0.15, 0.2) is 64.7 Å². The van der Waals surface area contributed by atoms with Gasteiger partial charge in [-0.25, -0.2) is 22.4 Å². The van der Waals surface area contributed by atoms with Crippen LogP contribution in [0.3, 0.4) is 0 Å². The van der Waals surface area contributed by atoms with Gasteiger partial charge in [0, 0.05) is 18.4 Å². The molecule has 1 aliphatic heterocycles. The summed E-state index contributed by atoms with van der Waals surface area (Å²) in [6, 6.07) is 9.50. The third-order valence-electron chi connectivity index (χ3n) is 4.91. The normalized spacial score (nSPS) is 16.8. The fourth-order valence-corrected chi connectivity index (χ4v) is 4.29. The summed E-state index contributed by atoms with van der Waals surface area (Å²) in [4.78, 5) is 26.4. The van der Waals surface area contributed by atoms with Gasteiger partial charge in [0.25, 0.3) is 10.0 Å². The Bertz CT molecular complexity index is 1180. The van der Waals surface area contributed by atoms with Crippen LogP contribution in [-0.4, -0.2) is 38.5 Å². The number of esters is 1. The Kier molecular flexibility index (Phi) is 6.54. The molecule has 2 aromatic rings. The molecular formula is C22H24FN3O5S. The molecule has 0 aliphatic carbocycles. The highest BCUT2D eigenvalue weighted by Gasteiger charge is 2.35. The molecule has 10 heteroatoms. The van der Waals surface area contributed by atoms with Gasteiger partial charge in [-0.1, -0.05) is 12.1 Å². The number of hydrogen-bond acceptors (Lipinski definition) is 5. The Labute approximate surface area is 186 Å². The van der Waals surface area contributed by atoms with E-state index in [0.717, 1.165) is 24.3 Å². The summed E-state index contributed by atoms with van der Waals surface area (Å²) in [5, 5.41) is 2.75. The number of amides is 2. The highest BCUT2D eigenvalue weighted by atomic mass is 32.2. The number of rotatable bonds is 6. The largest absolute Gasteiger partial charge is 0.459 e. The zero-order valence-corrected chi connectivity index (χ0v) is 18.9. The zero-order valence-electron chi connectivity index (χ0n) is 18.0. The summed E-state index contributed by atoms with van der Waals surface area (Å²) in [6.07, 6.45) is -0.361. The molecule has 2 amide bonds. The van der Waals surface area contributed by atoms with Crippen molar-refractivity contribution in [2.75, 3.05) is 11.8 Å². The number of carbonyl (C=O) groups excluding carboxylic acids is 2. The molecule has 32 heavy (non-hydrogen) atoms. The van der Waals surface area contributed by atoms with Gasteiger partial charge in [0.15, 0.2) is 0 Å². The molecule has 1 atom stereocenters. The van der Waals surface area contributed by atoms with Crippen molar-refractivity contribution in [1.82, 2.24) is 10.2 Å². The maximum absolute atomic E-state index is 13.1. The summed E-state index contributed by atoms with van der Waals surface area (Å²) >= 11 is 0. The van der Waals surface area contributed by atoms with E-state index < -0.39 is 33.9 Å². The highest BCUT2D eigenvalue weighted by Crippen LogP contribution is 2.32. The average Bonchev–Trinajstić information content (AvgIpc) is 2.71. The van der Waals surface area contributed by atoms with Crippen LogP contribution in [0.1, 0.15) is 32.4 Å². The number of ether oxygens (including phenoxy) is 1. The molecule has 0 unspecified atom stereocenters. The zero-order chi connectivity index (χ0) is 23.6. The molecule has 1 aliphatic rings. The third kappa shape index (κ3) is 4.91. The van der Waals surface area contributed by atoms with Gasteiger partial charge in [0.2, 0.25) is 0 Å². The number of urea groups is 1. The molecular weight excluding hydrogens is 437 g/mol. The van der Waals surface area contributed by atoms with Crippen molar-refractivity contribution in [1.29, 1.82) is 0 Å². The predicted molar refractivity (Wildman–Crippen MR) is 117 cm³/mol. The van der Waals surface area contributed by atoms with Crippen LogP contribution < -0.4 is 10.0 Å². The highest BCUT2D eigenvalue weighted by molar-refractivity contribution is 7.92. The summed E-state index contributed by atoms with van der Waals surface area (Å²) in [5.41, 5.74) is 1.39. The molecule has 0 spiro atoms. The van der Waals surface area contributed by atoms with E-state index in [1.165, 1.54) is 24.1 Å². The Balaban J connectivity index is 1.97. The van der Waals surface area contributed by atoms with Crippen molar-refractivity contribution in [3.63, 3.8) is 0 Å². The number of hydrogen-bond donors (Lipinski definition) is 2. The summed E-state index contributed by atoms with van der Waals surface area (Å²) in [5.74, 6) is -1.13. The van der Waals surface area contributed by atoms with Crippen LogP contribution in [0, 0.1) is 5.82 Å². The number of nitrogens with one attached hydrogen (secondary N) is 2. The molecule has 1 heterocycles. The topological polar surface area (TPSA) is 105 Å². The maximum atomic E-state index is 13.1. The molecule has 2 N–H and O–H groups in total. The van der Waals surface area contributed by atoms with Crippen LogP contribution in [0.25, 0.3) is 0 Å². The van der Waals surface area contributed by atoms with E-state index in [1.807, 2.05) is 0 Å². The van der Waals surface area contributed by atoms with E-state index in [9.17, 15) is 22.4 Å². The third-order valence-corrected chi connectivity index (χ3v) is 6.31. The predicted octanol–water partition coefficient (Wildman–Crippen LogP) is 3.55. The molecule has 8 nitrogen and oxygen atoms in total. The molecule has 0 saturated carbocycles. The van der Waals surface area contributed by atoms with Crippen LogP contribution >= 0.6 is 0 Å². The Hall–Kier alpha value is -3.40. The number of anilines is 1. The summed E-state index contributed by atoms with van der Waals surface area (Å²) < 4.78 is 46.2. The van der Waals surface area contributed by atoms with E-state index in [0.29, 0.717) is 11.3 Å². The molecule has 0 aromatic heterocycles. The number of allylic oxidation sites excluding steroid dienone is 1. The SMILES string of the molecule is CC1=C(C(=O)OC(C)C)[C@@H](c2cccc(NS(=O)(=O)c3ccc(F)cc3)c2)NC(=O)N1C. The van der Waals surface area contributed by atoms with Crippen LogP contribution in [-0.2, 0) is 19.6 Å². The Morgan fingerprint density at radius 2 is 1.84 bits per heavy atom. The van der Waals surface area contributed by atoms with E-state index in [-0.39, 0.29) is 22.3 Å².